The largest absolute Gasteiger partial charge is 0.460 e. The summed E-state index contributed by atoms with van der Waals surface area (Å²) >= 11 is 0. The maximum absolute atomic E-state index is 11.9. The van der Waals surface area contributed by atoms with Gasteiger partial charge in [-0.05, 0) is 81.7 Å². The first-order chi connectivity index (χ1) is 22.6. The Morgan fingerprint density at radius 3 is 2.09 bits per heavy atom. The van der Waals surface area contributed by atoms with Gasteiger partial charge in [-0.3, -0.25) is 19.4 Å². The van der Waals surface area contributed by atoms with Crippen molar-refractivity contribution in [1.29, 1.82) is 0 Å². The quantitative estimate of drug-likeness (QED) is 0.202. The fourth-order valence-corrected chi connectivity index (χ4v) is 6.06. The number of nitrogens with zero attached hydrogens (tertiary/aromatic N) is 2. The molecule has 0 radical (unpaired) electrons. The average Bonchev–Trinajstić information content (AvgIpc) is 3.69. The molecule has 1 fully saturated rings. The molecule has 2 aliphatic rings. The molecule has 0 saturated carbocycles. The number of aliphatic hydroxyl groups is 1. The summed E-state index contributed by atoms with van der Waals surface area (Å²) in [7, 11) is 0. The van der Waals surface area contributed by atoms with Crippen LogP contribution >= 0.6 is 0 Å². The highest BCUT2D eigenvalue weighted by atomic mass is 16.3. The molecule has 6 rings (SSSR count). The second kappa shape index (κ2) is 17.8. The summed E-state index contributed by atoms with van der Waals surface area (Å²) in [6.07, 6.45) is 5.07. The third-order valence-corrected chi connectivity index (χ3v) is 8.58. The Morgan fingerprint density at radius 2 is 1.51 bits per heavy atom. The van der Waals surface area contributed by atoms with E-state index in [-0.39, 0.29) is 17.4 Å². The van der Waals surface area contributed by atoms with Crippen LogP contribution in [0.4, 0.5) is 0 Å². The molecule has 0 bridgehead atoms. The van der Waals surface area contributed by atoms with Crippen LogP contribution in [0, 0.1) is 5.92 Å². The number of carbonyl (C=O) groups is 2. The van der Waals surface area contributed by atoms with Gasteiger partial charge in [-0.1, -0.05) is 72.8 Å². The minimum Gasteiger partial charge on any atom is -0.460 e. The lowest BCUT2D eigenvalue weighted by Gasteiger charge is -2.35. The first-order valence-corrected chi connectivity index (χ1v) is 16.8. The SMILES string of the molecule is CC(C)(C)NC=O.NC(=O)C(Cc1ccccc1)CC(O)CN1CCN(Cc2cc3ccccc3o2)CC1.c1ccc2c(c1)CCC2. The lowest BCUT2D eigenvalue weighted by atomic mass is 9.93. The van der Waals surface area contributed by atoms with Crippen LogP contribution in [-0.2, 0) is 35.4 Å². The van der Waals surface area contributed by atoms with Crippen LogP contribution in [0.2, 0.25) is 0 Å². The van der Waals surface area contributed by atoms with E-state index in [1.807, 2.05) is 69.3 Å². The number of aliphatic hydroxyl groups excluding tert-OH is 1. The van der Waals surface area contributed by atoms with Crippen molar-refractivity contribution in [3.8, 4) is 0 Å². The van der Waals surface area contributed by atoms with Crippen LogP contribution in [0.15, 0.2) is 89.3 Å². The van der Waals surface area contributed by atoms with Gasteiger partial charge in [0.05, 0.1) is 12.6 Å². The Kier molecular flexibility index (Phi) is 13.6. The van der Waals surface area contributed by atoms with Crippen LogP contribution in [0.1, 0.15) is 56.1 Å². The van der Waals surface area contributed by atoms with Gasteiger partial charge in [0, 0.05) is 49.6 Å². The Labute approximate surface area is 279 Å². The molecule has 0 spiro atoms. The van der Waals surface area contributed by atoms with Crippen LogP contribution < -0.4 is 11.1 Å². The summed E-state index contributed by atoms with van der Waals surface area (Å²) in [5.41, 5.74) is 10.7. The van der Waals surface area contributed by atoms with Crippen molar-refractivity contribution >= 4 is 23.3 Å². The fraction of sp³-hybridized carbons (Fsp3) is 0.436. The minimum absolute atomic E-state index is 0.0677. The minimum atomic E-state index is -0.567. The molecular weight excluding hydrogens is 588 g/mol. The number of piperazine rings is 1. The van der Waals surface area contributed by atoms with Crippen molar-refractivity contribution < 1.29 is 19.1 Å². The number of benzene rings is 3. The number of carbonyl (C=O) groups excluding carboxylic acids is 2. The van der Waals surface area contributed by atoms with Gasteiger partial charge < -0.3 is 20.6 Å². The fourth-order valence-electron chi connectivity index (χ4n) is 6.06. The van der Waals surface area contributed by atoms with E-state index in [9.17, 15) is 14.7 Å². The first-order valence-electron chi connectivity index (χ1n) is 16.8. The highest BCUT2D eigenvalue weighted by Crippen LogP contribution is 2.22. The second-order valence-electron chi connectivity index (χ2n) is 13.6. The summed E-state index contributed by atoms with van der Waals surface area (Å²) in [5.74, 6) is 0.283. The van der Waals surface area contributed by atoms with Crippen molar-refractivity contribution in [2.24, 2.45) is 11.7 Å². The summed E-state index contributed by atoms with van der Waals surface area (Å²) < 4.78 is 5.94. The summed E-state index contributed by atoms with van der Waals surface area (Å²) in [5, 5.41) is 14.3. The maximum atomic E-state index is 11.9. The van der Waals surface area contributed by atoms with E-state index in [0.29, 0.717) is 25.8 Å². The predicted octanol–water partition coefficient (Wildman–Crippen LogP) is 5.35. The monoisotopic (exact) mass is 640 g/mol. The Bertz CT molecular complexity index is 1470. The number of rotatable bonds is 10. The molecule has 252 valence electrons. The van der Waals surface area contributed by atoms with Crippen molar-refractivity contribution in [3.05, 3.63) is 107 Å². The second-order valence-corrected chi connectivity index (χ2v) is 13.6. The highest BCUT2D eigenvalue weighted by Gasteiger charge is 2.24. The molecule has 2 amide bonds. The van der Waals surface area contributed by atoms with Crippen LogP contribution in [0.5, 0.6) is 0 Å². The molecule has 4 aromatic rings. The third-order valence-electron chi connectivity index (χ3n) is 8.58. The number of aryl methyl sites for hydroxylation is 2. The normalized spacial score (nSPS) is 16.2. The lowest BCUT2D eigenvalue weighted by Crippen LogP contribution is -2.48. The van der Waals surface area contributed by atoms with E-state index < -0.39 is 6.10 Å². The van der Waals surface area contributed by atoms with Gasteiger partial charge in [-0.2, -0.15) is 0 Å². The van der Waals surface area contributed by atoms with E-state index in [2.05, 4.69) is 51.5 Å². The number of hydrogen-bond acceptors (Lipinski definition) is 6. The number of hydrogen-bond donors (Lipinski definition) is 3. The van der Waals surface area contributed by atoms with Gasteiger partial charge >= 0.3 is 0 Å². The van der Waals surface area contributed by atoms with E-state index in [1.165, 1.54) is 19.3 Å². The van der Waals surface area contributed by atoms with Gasteiger partial charge in [-0.15, -0.1) is 0 Å². The van der Waals surface area contributed by atoms with Crippen molar-refractivity contribution in [3.63, 3.8) is 0 Å². The van der Waals surface area contributed by atoms with E-state index in [0.717, 1.165) is 55.0 Å². The molecule has 4 N–H and O–H groups in total. The van der Waals surface area contributed by atoms with Gasteiger partial charge in [0.15, 0.2) is 0 Å². The smallest absolute Gasteiger partial charge is 0.220 e. The Balaban J connectivity index is 0.000000254. The number of fused-ring (bicyclic) bond motifs is 2. The average molecular weight is 641 g/mol. The van der Waals surface area contributed by atoms with Crippen molar-refractivity contribution in [2.75, 3.05) is 32.7 Å². The predicted molar refractivity (Wildman–Crippen MR) is 189 cm³/mol. The molecular formula is C39H52N4O4. The molecule has 47 heavy (non-hydrogen) atoms. The molecule has 2 unspecified atom stereocenters. The van der Waals surface area contributed by atoms with Gasteiger partial charge in [0.25, 0.3) is 0 Å². The van der Waals surface area contributed by atoms with E-state index in [1.54, 1.807) is 11.1 Å². The highest BCUT2D eigenvalue weighted by molar-refractivity contribution is 5.77. The first kappa shape index (κ1) is 35.9. The Morgan fingerprint density at radius 1 is 0.915 bits per heavy atom. The molecule has 1 saturated heterocycles. The van der Waals surface area contributed by atoms with Crippen LogP contribution in [-0.4, -0.2) is 71.6 Å². The number of primary amides is 1. The van der Waals surface area contributed by atoms with Gasteiger partial charge in [0.2, 0.25) is 12.3 Å². The zero-order valence-electron chi connectivity index (χ0n) is 28.2. The summed E-state index contributed by atoms with van der Waals surface area (Å²) in [4.78, 5) is 26.2. The van der Waals surface area contributed by atoms with Gasteiger partial charge in [-0.25, -0.2) is 0 Å². The molecule has 1 aliphatic heterocycles. The molecule has 8 nitrogen and oxygen atoms in total. The third kappa shape index (κ3) is 12.3. The molecule has 2 heterocycles. The number of nitrogens with one attached hydrogen (secondary N) is 1. The maximum Gasteiger partial charge on any atom is 0.220 e. The zero-order valence-corrected chi connectivity index (χ0v) is 28.2. The molecule has 8 heteroatoms. The van der Waals surface area contributed by atoms with E-state index >= 15 is 0 Å². The van der Waals surface area contributed by atoms with Gasteiger partial charge in [0.1, 0.15) is 11.3 Å². The van der Waals surface area contributed by atoms with Crippen LogP contribution in [0.25, 0.3) is 11.0 Å². The number of para-hydroxylation sites is 1. The molecule has 3 aromatic carbocycles. The van der Waals surface area contributed by atoms with Crippen molar-refractivity contribution in [1.82, 2.24) is 15.1 Å². The summed E-state index contributed by atoms with van der Waals surface area (Å²) in [6, 6.07) is 28.8. The lowest BCUT2D eigenvalue weighted by molar-refractivity contribution is -0.123. The van der Waals surface area contributed by atoms with E-state index in [4.69, 9.17) is 10.2 Å². The summed E-state index contributed by atoms with van der Waals surface area (Å²) in [6.45, 7) is 10.8. The molecule has 2 atom stereocenters. The number of furan rings is 1. The number of amides is 2. The Hall–Kier alpha value is -3.98. The van der Waals surface area contributed by atoms with Crippen molar-refractivity contribution in [2.45, 2.75) is 71.1 Å². The number of β-amino-alcohol motifs (C(OH)–C–C–N with tert-alkyl or cyclic N) is 1. The topological polar surface area (TPSA) is 112 Å². The number of nitrogens with two attached hydrogens (primary N) is 1. The zero-order chi connectivity index (χ0) is 33.6. The standard InChI is InChI=1S/C25H31N3O3.C9H10.C5H11NO/c26-25(30)21(14-19-6-2-1-3-7-19)15-22(29)17-27-10-12-28(13-11-27)18-23-16-20-8-4-5-9-24(20)31-23;1-2-5-9-7-3-6-8(9)4-1;1-5(2,3)6-4-7/h1-9,16,21-22,29H,10-15,17-18H2,(H2,26,30);1-2,4-5H,3,6-7H2;4H,1-3H3,(H,6,7). The van der Waals surface area contributed by atoms with Crippen LogP contribution in [0.3, 0.4) is 0 Å². The molecule has 1 aromatic heterocycles. The molecule has 1 aliphatic carbocycles.